The third kappa shape index (κ3) is 1.75. The third-order valence-electron chi connectivity index (χ3n) is 3.49. The lowest BCUT2D eigenvalue weighted by atomic mass is 10.1. The summed E-state index contributed by atoms with van der Waals surface area (Å²) in [6.07, 6.45) is 4.13. The van der Waals surface area contributed by atoms with Crippen LogP contribution < -0.4 is 10.6 Å². The van der Waals surface area contributed by atoms with Crippen molar-refractivity contribution in [3.63, 3.8) is 0 Å². The van der Waals surface area contributed by atoms with Crippen LogP contribution in [0.2, 0.25) is 0 Å². The lowest BCUT2D eigenvalue weighted by Crippen LogP contribution is -2.25. The van der Waals surface area contributed by atoms with Crippen LogP contribution in [0.4, 0.5) is 5.69 Å². The van der Waals surface area contributed by atoms with Crippen molar-refractivity contribution in [3.8, 4) is 0 Å². The van der Waals surface area contributed by atoms with Gasteiger partial charge in [0, 0.05) is 30.7 Å². The van der Waals surface area contributed by atoms with Crippen LogP contribution in [-0.2, 0) is 4.79 Å². The molecule has 0 saturated carbocycles. The Morgan fingerprint density at radius 2 is 2.28 bits per heavy atom. The molecule has 1 fully saturated rings. The number of aromatic nitrogens is 1. The summed E-state index contributed by atoms with van der Waals surface area (Å²) in [7, 11) is 0. The molecule has 2 aromatic rings. The van der Waals surface area contributed by atoms with E-state index in [1.807, 2.05) is 35.4 Å². The van der Waals surface area contributed by atoms with Crippen LogP contribution in [0.1, 0.15) is 6.42 Å². The van der Waals surface area contributed by atoms with Gasteiger partial charge in [-0.3, -0.25) is 9.78 Å². The minimum absolute atomic E-state index is 0.154. The van der Waals surface area contributed by atoms with Gasteiger partial charge in [-0.25, -0.2) is 0 Å². The number of amides is 1. The Morgan fingerprint density at radius 1 is 1.39 bits per heavy atom. The summed E-state index contributed by atoms with van der Waals surface area (Å²) in [6, 6.07) is 7.93. The van der Waals surface area contributed by atoms with E-state index >= 15 is 0 Å². The smallest absolute Gasteiger partial charge is 0.227 e. The van der Waals surface area contributed by atoms with Gasteiger partial charge in [0.1, 0.15) is 0 Å². The summed E-state index contributed by atoms with van der Waals surface area (Å²) in [5.74, 6) is 0.422. The second kappa shape index (κ2) is 4.38. The molecule has 92 valence electrons. The number of hydrogen-bond acceptors (Lipinski definition) is 3. The number of hydrogen-bond donors (Lipinski definition) is 1. The average Bonchev–Trinajstić information content (AvgIpc) is 2.79. The molecule has 4 heteroatoms. The molecule has 1 atom stereocenters. The van der Waals surface area contributed by atoms with E-state index in [1.54, 1.807) is 6.20 Å². The van der Waals surface area contributed by atoms with Crippen LogP contribution in [-0.4, -0.2) is 24.0 Å². The summed E-state index contributed by atoms with van der Waals surface area (Å²) in [4.78, 5) is 18.0. The third-order valence-corrected chi connectivity index (χ3v) is 3.49. The Kier molecular flexibility index (Phi) is 2.72. The number of rotatable bonds is 2. The molecular weight excluding hydrogens is 226 g/mol. The highest BCUT2D eigenvalue weighted by Gasteiger charge is 2.30. The Bertz CT molecular complexity index is 591. The van der Waals surface area contributed by atoms with Crippen molar-refractivity contribution in [1.82, 2.24) is 4.98 Å². The molecule has 4 nitrogen and oxygen atoms in total. The summed E-state index contributed by atoms with van der Waals surface area (Å²) >= 11 is 0. The monoisotopic (exact) mass is 241 g/mol. The van der Waals surface area contributed by atoms with Crippen molar-refractivity contribution in [2.45, 2.75) is 6.42 Å². The molecule has 2 heterocycles. The molecule has 0 bridgehead atoms. The largest absolute Gasteiger partial charge is 0.330 e. The fourth-order valence-corrected chi connectivity index (χ4v) is 2.50. The summed E-state index contributed by atoms with van der Waals surface area (Å²) in [5.41, 5.74) is 6.60. The molecule has 1 aromatic heterocycles. The van der Waals surface area contributed by atoms with Crippen LogP contribution in [0.15, 0.2) is 36.7 Å². The number of nitrogens with zero attached hydrogens (tertiary/aromatic N) is 2. The molecule has 0 radical (unpaired) electrons. The van der Waals surface area contributed by atoms with E-state index in [0.29, 0.717) is 19.5 Å². The van der Waals surface area contributed by atoms with Gasteiger partial charge in [0.25, 0.3) is 0 Å². The Hall–Kier alpha value is -1.94. The van der Waals surface area contributed by atoms with E-state index in [-0.39, 0.29) is 11.8 Å². The number of benzene rings is 1. The highest BCUT2D eigenvalue weighted by molar-refractivity contribution is 6.04. The Morgan fingerprint density at radius 3 is 3.06 bits per heavy atom. The van der Waals surface area contributed by atoms with Crippen molar-refractivity contribution in [1.29, 1.82) is 0 Å². The first kappa shape index (κ1) is 11.2. The van der Waals surface area contributed by atoms with E-state index in [1.165, 1.54) is 0 Å². The minimum atomic E-state index is 0.154. The van der Waals surface area contributed by atoms with E-state index in [4.69, 9.17) is 5.73 Å². The van der Waals surface area contributed by atoms with Gasteiger partial charge in [-0.1, -0.05) is 12.1 Å². The first-order valence-corrected chi connectivity index (χ1v) is 6.13. The van der Waals surface area contributed by atoms with E-state index < -0.39 is 0 Å². The van der Waals surface area contributed by atoms with Gasteiger partial charge in [-0.05, 0) is 30.0 Å². The predicted molar refractivity (Wildman–Crippen MR) is 71.3 cm³/mol. The van der Waals surface area contributed by atoms with Gasteiger partial charge in [0.2, 0.25) is 5.91 Å². The molecule has 1 saturated heterocycles. The zero-order valence-corrected chi connectivity index (χ0v) is 10.0. The standard InChI is InChI=1S/C14H15N3O/c15-7-10-6-14(18)17(9-10)13-3-1-2-11-4-5-16-8-12(11)13/h1-5,8,10H,6-7,9,15H2. The van der Waals surface area contributed by atoms with Crippen molar-refractivity contribution < 1.29 is 4.79 Å². The van der Waals surface area contributed by atoms with Gasteiger partial charge in [-0.2, -0.15) is 0 Å². The van der Waals surface area contributed by atoms with Crippen molar-refractivity contribution in [2.75, 3.05) is 18.0 Å². The van der Waals surface area contributed by atoms with Gasteiger partial charge < -0.3 is 10.6 Å². The lowest BCUT2D eigenvalue weighted by molar-refractivity contribution is -0.117. The summed E-state index contributed by atoms with van der Waals surface area (Å²) < 4.78 is 0. The quantitative estimate of drug-likeness (QED) is 0.867. The van der Waals surface area contributed by atoms with Crippen LogP contribution in [0.3, 0.4) is 0 Å². The van der Waals surface area contributed by atoms with Crippen LogP contribution >= 0.6 is 0 Å². The Balaban J connectivity index is 2.07. The number of nitrogens with two attached hydrogens (primary N) is 1. The van der Waals surface area contributed by atoms with Gasteiger partial charge in [0.15, 0.2) is 0 Å². The predicted octanol–water partition coefficient (Wildman–Crippen LogP) is 1.55. The summed E-state index contributed by atoms with van der Waals surface area (Å²) in [5, 5.41) is 2.12. The molecule has 1 unspecified atom stereocenters. The van der Waals surface area contributed by atoms with Crippen LogP contribution in [0.25, 0.3) is 10.8 Å². The SMILES string of the molecule is NCC1CC(=O)N(c2cccc3ccncc23)C1. The number of fused-ring (bicyclic) bond motifs is 1. The molecule has 18 heavy (non-hydrogen) atoms. The molecule has 1 aliphatic heterocycles. The zero-order valence-electron chi connectivity index (χ0n) is 10.0. The number of carbonyl (C=O) groups is 1. The average molecular weight is 241 g/mol. The second-order valence-electron chi connectivity index (χ2n) is 4.68. The maximum Gasteiger partial charge on any atom is 0.227 e. The first-order chi connectivity index (χ1) is 8.79. The van der Waals surface area contributed by atoms with Gasteiger partial charge >= 0.3 is 0 Å². The maximum atomic E-state index is 12.0. The highest BCUT2D eigenvalue weighted by Crippen LogP contribution is 2.30. The van der Waals surface area contributed by atoms with Crippen molar-refractivity contribution in [3.05, 3.63) is 36.7 Å². The normalized spacial score (nSPS) is 19.7. The number of anilines is 1. The second-order valence-corrected chi connectivity index (χ2v) is 4.68. The van der Waals surface area contributed by atoms with Crippen LogP contribution in [0.5, 0.6) is 0 Å². The summed E-state index contributed by atoms with van der Waals surface area (Å²) in [6.45, 7) is 1.27. The molecule has 0 aliphatic carbocycles. The molecule has 1 aliphatic rings. The lowest BCUT2D eigenvalue weighted by Gasteiger charge is -2.18. The first-order valence-electron chi connectivity index (χ1n) is 6.13. The fraction of sp³-hybridized carbons (Fsp3) is 0.286. The van der Waals surface area contributed by atoms with E-state index in [2.05, 4.69) is 4.98 Å². The van der Waals surface area contributed by atoms with Gasteiger partial charge in [-0.15, -0.1) is 0 Å². The minimum Gasteiger partial charge on any atom is -0.330 e. The zero-order chi connectivity index (χ0) is 12.5. The molecule has 3 rings (SSSR count). The molecular formula is C14H15N3O. The fourth-order valence-electron chi connectivity index (χ4n) is 2.50. The Labute approximate surface area is 105 Å². The maximum absolute atomic E-state index is 12.0. The highest BCUT2D eigenvalue weighted by atomic mass is 16.2. The molecule has 1 amide bonds. The molecule has 1 aromatic carbocycles. The topological polar surface area (TPSA) is 59.2 Å². The van der Waals surface area contributed by atoms with Gasteiger partial charge in [0.05, 0.1) is 5.69 Å². The van der Waals surface area contributed by atoms with E-state index in [0.717, 1.165) is 16.5 Å². The van der Waals surface area contributed by atoms with E-state index in [9.17, 15) is 4.79 Å². The molecule has 2 N–H and O–H groups in total. The number of carbonyl (C=O) groups excluding carboxylic acids is 1. The van der Waals surface area contributed by atoms with Crippen molar-refractivity contribution in [2.24, 2.45) is 11.7 Å². The number of pyridine rings is 1. The van der Waals surface area contributed by atoms with Crippen molar-refractivity contribution >= 4 is 22.4 Å². The van der Waals surface area contributed by atoms with Crippen LogP contribution in [0, 0.1) is 5.92 Å². The molecule has 0 spiro atoms.